The molecule has 0 aliphatic heterocycles. The molecule has 0 radical (unpaired) electrons. The maximum Gasteiger partial charge on any atom is 0.338 e. The summed E-state index contributed by atoms with van der Waals surface area (Å²) in [6, 6.07) is 2.85. The summed E-state index contributed by atoms with van der Waals surface area (Å²) in [7, 11) is 1.76. The molecule has 0 amide bonds. The third kappa shape index (κ3) is 2.56. The Balaban J connectivity index is 2.41. The topological polar surface area (TPSA) is 80.9 Å². The number of carbonyl (C=O) groups is 1. The van der Waals surface area contributed by atoms with Crippen LogP contribution < -0.4 is 0 Å². The molecule has 0 aliphatic rings. The van der Waals surface area contributed by atoms with Gasteiger partial charge in [0.25, 0.3) is 0 Å². The number of carboxylic acid groups (broad SMARTS) is 1. The first kappa shape index (κ1) is 11.9. The maximum absolute atomic E-state index is 11.0. The molecular weight excluding hydrogens is 264 g/mol. The van der Waals surface area contributed by atoms with E-state index in [0.29, 0.717) is 10.2 Å². The van der Waals surface area contributed by atoms with Crippen molar-refractivity contribution >= 4 is 29.3 Å². The highest BCUT2D eigenvalue weighted by Gasteiger charge is 2.15. The molecule has 17 heavy (non-hydrogen) atoms. The minimum Gasteiger partial charge on any atom is -0.478 e. The molecule has 6 nitrogen and oxygen atoms in total. The monoisotopic (exact) mass is 270 g/mol. The molecular formula is C9H7ClN4O2S. The van der Waals surface area contributed by atoms with Crippen molar-refractivity contribution in [2.75, 3.05) is 0 Å². The average Bonchev–Trinajstić information content (AvgIpc) is 2.64. The van der Waals surface area contributed by atoms with Crippen molar-refractivity contribution in [3.8, 4) is 0 Å². The molecule has 0 saturated heterocycles. The number of aromatic carboxylic acids is 1. The predicted molar refractivity (Wildman–Crippen MR) is 61.3 cm³/mol. The zero-order chi connectivity index (χ0) is 12.4. The van der Waals surface area contributed by atoms with Gasteiger partial charge in [0.05, 0.1) is 5.56 Å². The largest absolute Gasteiger partial charge is 0.478 e. The minimum atomic E-state index is -1.06. The maximum atomic E-state index is 11.0. The Morgan fingerprint density at radius 2 is 2.29 bits per heavy atom. The third-order valence-corrected chi connectivity index (χ3v) is 3.18. The zero-order valence-corrected chi connectivity index (χ0v) is 10.2. The van der Waals surface area contributed by atoms with Crippen LogP contribution in [-0.2, 0) is 7.05 Å². The van der Waals surface area contributed by atoms with E-state index in [1.54, 1.807) is 11.6 Å². The second kappa shape index (κ2) is 4.72. The molecule has 1 N–H and O–H groups in total. The van der Waals surface area contributed by atoms with Gasteiger partial charge in [-0.05, 0) is 23.9 Å². The Labute approximate surface area is 106 Å². The standard InChI is InChI=1S/C9H7ClN4O2S/c1-14-4-11-13-9(14)17-7-5(8(15)16)2-3-6(10)12-7/h2-4H,1H3,(H,15,16). The number of aromatic nitrogens is 4. The molecule has 2 aromatic rings. The van der Waals surface area contributed by atoms with E-state index >= 15 is 0 Å². The Morgan fingerprint density at radius 1 is 1.53 bits per heavy atom. The van der Waals surface area contributed by atoms with Gasteiger partial charge in [-0.25, -0.2) is 9.78 Å². The summed E-state index contributed by atoms with van der Waals surface area (Å²) in [6.07, 6.45) is 1.52. The Hall–Kier alpha value is -1.60. The molecule has 0 aliphatic carbocycles. The van der Waals surface area contributed by atoms with Crippen LogP contribution in [0, 0.1) is 0 Å². The van der Waals surface area contributed by atoms with Crippen molar-refractivity contribution in [1.29, 1.82) is 0 Å². The van der Waals surface area contributed by atoms with Crippen molar-refractivity contribution in [2.24, 2.45) is 7.05 Å². The van der Waals surface area contributed by atoms with Gasteiger partial charge in [0, 0.05) is 7.05 Å². The van der Waals surface area contributed by atoms with Crippen LogP contribution in [0.3, 0.4) is 0 Å². The third-order valence-electron chi connectivity index (χ3n) is 1.91. The zero-order valence-electron chi connectivity index (χ0n) is 8.66. The van der Waals surface area contributed by atoms with Gasteiger partial charge in [0.2, 0.25) is 0 Å². The molecule has 2 rings (SSSR count). The fourth-order valence-corrected chi connectivity index (χ4v) is 2.17. The van der Waals surface area contributed by atoms with Gasteiger partial charge in [0.1, 0.15) is 16.5 Å². The molecule has 2 aromatic heterocycles. The second-order valence-corrected chi connectivity index (χ2v) is 4.46. The predicted octanol–water partition coefficient (Wildman–Crippen LogP) is 1.71. The molecule has 0 fully saturated rings. The van der Waals surface area contributed by atoms with E-state index in [9.17, 15) is 4.79 Å². The molecule has 88 valence electrons. The van der Waals surface area contributed by atoms with Crippen molar-refractivity contribution in [3.05, 3.63) is 29.2 Å². The lowest BCUT2D eigenvalue weighted by Crippen LogP contribution is -2.01. The normalized spacial score (nSPS) is 10.5. The summed E-state index contributed by atoms with van der Waals surface area (Å²) in [5.74, 6) is -1.06. The number of pyridine rings is 1. The van der Waals surface area contributed by atoms with Crippen LogP contribution in [0.5, 0.6) is 0 Å². The van der Waals surface area contributed by atoms with E-state index < -0.39 is 5.97 Å². The fraction of sp³-hybridized carbons (Fsp3) is 0.111. The van der Waals surface area contributed by atoms with Crippen LogP contribution in [0.25, 0.3) is 0 Å². The van der Waals surface area contributed by atoms with E-state index in [4.69, 9.17) is 16.7 Å². The first-order valence-electron chi connectivity index (χ1n) is 4.49. The van der Waals surface area contributed by atoms with E-state index in [2.05, 4.69) is 15.2 Å². The van der Waals surface area contributed by atoms with Crippen molar-refractivity contribution in [1.82, 2.24) is 19.7 Å². The first-order chi connectivity index (χ1) is 8.08. The van der Waals surface area contributed by atoms with E-state index in [0.717, 1.165) is 11.8 Å². The number of rotatable bonds is 3. The lowest BCUT2D eigenvalue weighted by atomic mass is 10.3. The molecule has 0 saturated carbocycles. The van der Waals surface area contributed by atoms with Gasteiger partial charge in [-0.2, -0.15) is 0 Å². The summed E-state index contributed by atoms with van der Waals surface area (Å²) < 4.78 is 1.67. The van der Waals surface area contributed by atoms with Gasteiger partial charge in [-0.3, -0.25) is 0 Å². The Kier molecular flexibility index (Phi) is 3.30. The van der Waals surface area contributed by atoms with Gasteiger partial charge in [-0.15, -0.1) is 10.2 Å². The summed E-state index contributed by atoms with van der Waals surface area (Å²) in [5, 5.41) is 17.6. The minimum absolute atomic E-state index is 0.0856. The summed E-state index contributed by atoms with van der Waals surface area (Å²) in [6.45, 7) is 0. The van der Waals surface area contributed by atoms with E-state index in [-0.39, 0.29) is 10.7 Å². The molecule has 2 heterocycles. The highest BCUT2D eigenvalue weighted by molar-refractivity contribution is 7.99. The Bertz CT molecular complexity index is 572. The van der Waals surface area contributed by atoms with Gasteiger partial charge in [0.15, 0.2) is 5.16 Å². The quantitative estimate of drug-likeness (QED) is 0.855. The SMILES string of the molecule is Cn1cnnc1Sc1nc(Cl)ccc1C(=O)O. The van der Waals surface area contributed by atoms with Crippen LogP contribution in [0.4, 0.5) is 0 Å². The number of carboxylic acids is 1. The molecule has 0 unspecified atom stereocenters. The summed E-state index contributed by atoms with van der Waals surface area (Å²) in [4.78, 5) is 15.0. The van der Waals surface area contributed by atoms with Crippen LogP contribution in [0.2, 0.25) is 5.15 Å². The van der Waals surface area contributed by atoms with Crippen LogP contribution in [0.15, 0.2) is 28.6 Å². The second-order valence-electron chi connectivity index (χ2n) is 3.12. The van der Waals surface area contributed by atoms with Gasteiger partial charge >= 0.3 is 5.97 Å². The lowest BCUT2D eigenvalue weighted by molar-refractivity contribution is 0.0692. The number of aryl methyl sites for hydroxylation is 1. The average molecular weight is 271 g/mol. The molecule has 0 aromatic carbocycles. The van der Waals surface area contributed by atoms with Crippen molar-refractivity contribution in [2.45, 2.75) is 10.2 Å². The smallest absolute Gasteiger partial charge is 0.338 e. The molecule has 0 spiro atoms. The summed E-state index contributed by atoms with van der Waals surface area (Å²) in [5.41, 5.74) is 0.0856. The van der Waals surface area contributed by atoms with Gasteiger partial charge in [-0.1, -0.05) is 11.6 Å². The van der Waals surface area contributed by atoms with Crippen LogP contribution in [0.1, 0.15) is 10.4 Å². The number of hydrogen-bond donors (Lipinski definition) is 1. The molecule has 0 atom stereocenters. The van der Waals surface area contributed by atoms with Crippen LogP contribution in [-0.4, -0.2) is 30.8 Å². The van der Waals surface area contributed by atoms with E-state index in [1.165, 1.54) is 18.5 Å². The van der Waals surface area contributed by atoms with Crippen molar-refractivity contribution < 1.29 is 9.90 Å². The number of hydrogen-bond acceptors (Lipinski definition) is 5. The molecule has 8 heteroatoms. The number of halogens is 1. The van der Waals surface area contributed by atoms with E-state index in [1.807, 2.05) is 0 Å². The molecule has 0 bridgehead atoms. The fourth-order valence-electron chi connectivity index (χ4n) is 1.11. The first-order valence-corrected chi connectivity index (χ1v) is 5.69. The van der Waals surface area contributed by atoms with Gasteiger partial charge < -0.3 is 9.67 Å². The summed E-state index contributed by atoms with van der Waals surface area (Å²) >= 11 is 6.84. The highest BCUT2D eigenvalue weighted by atomic mass is 35.5. The Morgan fingerprint density at radius 3 is 2.88 bits per heavy atom. The van der Waals surface area contributed by atoms with Crippen LogP contribution >= 0.6 is 23.4 Å². The van der Waals surface area contributed by atoms with Crippen molar-refractivity contribution in [3.63, 3.8) is 0 Å². The highest BCUT2D eigenvalue weighted by Crippen LogP contribution is 2.28. The number of nitrogens with zero attached hydrogens (tertiary/aromatic N) is 4. The lowest BCUT2D eigenvalue weighted by Gasteiger charge is -2.04.